The summed E-state index contributed by atoms with van der Waals surface area (Å²) in [5.74, 6) is -1.72. The molecule has 2 aromatic carbocycles. The van der Waals surface area contributed by atoms with E-state index in [9.17, 15) is 14.7 Å². The van der Waals surface area contributed by atoms with Gasteiger partial charge in [-0.05, 0) is 42.3 Å². The molecule has 2 heterocycles. The quantitative estimate of drug-likeness (QED) is 0.720. The molecule has 1 saturated heterocycles. The third-order valence-electron chi connectivity index (χ3n) is 5.31. The van der Waals surface area contributed by atoms with Crippen LogP contribution in [0.2, 0.25) is 0 Å². The topological polar surface area (TPSA) is 101 Å². The Labute approximate surface area is 173 Å². The molecule has 0 radical (unpaired) electrons. The second-order valence-corrected chi connectivity index (χ2v) is 6.99. The Morgan fingerprint density at radius 2 is 1.90 bits per heavy atom. The number of hydrogen-bond acceptors (Lipinski definition) is 8. The molecule has 0 bridgehead atoms. The normalized spacial score (nSPS) is 23.0. The first-order chi connectivity index (χ1) is 14.5. The van der Waals surface area contributed by atoms with Gasteiger partial charge in [-0.3, -0.25) is 9.59 Å². The average molecular weight is 414 g/mol. The first-order valence-electron chi connectivity index (χ1n) is 9.62. The van der Waals surface area contributed by atoms with E-state index < -0.39 is 36.0 Å². The number of hydrogen-bond donors (Lipinski definition) is 1. The van der Waals surface area contributed by atoms with Crippen molar-refractivity contribution in [1.82, 2.24) is 0 Å². The van der Waals surface area contributed by atoms with Crippen molar-refractivity contribution in [3.8, 4) is 17.2 Å². The van der Waals surface area contributed by atoms with E-state index in [-0.39, 0.29) is 13.4 Å². The van der Waals surface area contributed by atoms with Gasteiger partial charge in [-0.1, -0.05) is 18.2 Å². The van der Waals surface area contributed by atoms with E-state index in [0.717, 1.165) is 0 Å². The van der Waals surface area contributed by atoms with Gasteiger partial charge in [0, 0.05) is 0 Å². The van der Waals surface area contributed by atoms with Gasteiger partial charge in [-0.25, -0.2) is 0 Å². The number of carbonyl (C=O) groups is 2. The maximum absolute atomic E-state index is 12.8. The zero-order valence-corrected chi connectivity index (χ0v) is 16.6. The summed E-state index contributed by atoms with van der Waals surface area (Å²) in [4.78, 5) is 25.6. The van der Waals surface area contributed by atoms with Crippen LogP contribution in [0.25, 0.3) is 0 Å². The van der Waals surface area contributed by atoms with Crippen LogP contribution < -0.4 is 14.2 Å². The minimum atomic E-state index is -1.25. The van der Waals surface area contributed by atoms with Gasteiger partial charge in [0.2, 0.25) is 6.79 Å². The van der Waals surface area contributed by atoms with Crippen LogP contribution in [-0.2, 0) is 19.1 Å². The zero-order chi connectivity index (χ0) is 21.3. The molecule has 0 saturated carbocycles. The number of aliphatic hydroxyl groups is 1. The Morgan fingerprint density at radius 1 is 1.17 bits per heavy atom. The Balaban J connectivity index is 1.68. The van der Waals surface area contributed by atoms with E-state index >= 15 is 0 Å². The van der Waals surface area contributed by atoms with Gasteiger partial charge < -0.3 is 28.8 Å². The van der Waals surface area contributed by atoms with Crippen LogP contribution in [-0.4, -0.2) is 37.6 Å². The summed E-state index contributed by atoms with van der Waals surface area (Å²) in [5.41, 5.74) is 1.04. The van der Waals surface area contributed by atoms with E-state index in [1.807, 2.05) is 0 Å². The van der Waals surface area contributed by atoms with Crippen LogP contribution >= 0.6 is 0 Å². The first-order valence-corrected chi connectivity index (χ1v) is 9.62. The van der Waals surface area contributed by atoms with Crippen LogP contribution in [0.5, 0.6) is 17.2 Å². The smallest absolute Gasteiger partial charge is 0.314 e. The highest BCUT2D eigenvalue weighted by atomic mass is 16.7. The minimum Gasteiger partial charge on any atom is -0.497 e. The van der Waals surface area contributed by atoms with E-state index in [4.69, 9.17) is 23.7 Å². The molecule has 1 fully saturated rings. The number of benzene rings is 2. The van der Waals surface area contributed by atoms with Crippen LogP contribution in [0.3, 0.4) is 0 Å². The summed E-state index contributed by atoms with van der Waals surface area (Å²) in [6.45, 7) is 1.92. The van der Waals surface area contributed by atoms with Gasteiger partial charge >= 0.3 is 11.9 Å². The van der Waals surface area contributed by atoms with E-state index in [1.165, 1.54) is 7.11 Å². The number of carbonyl (C=O) groups excluding carboxylic acids is 2. The molecule has 2 aliphatic rings. The molecule has 0 aliphatic carbocycles. The molecule has 1 N–H and O–H groups in total. The fraction of sp³-hybridized carbons (Fsp3) is 0.364. The fourth-order valence-corrected chi connectivity index (χ4v) is 3.82. The molecule has 0 spiro atoms. The van der Waals surface area contributed by atoms with Gasteiger partial charge in [0.25, 0.3) is 0 Å². The largest absolute Gasteiger partial charge is 0.497 e. The lowest BCUT2D eigenvalue weighted by Crippen LogP contribution is -2.32. The van der Waals surface area contributed by atoms with Crippen LogP contribution in [0.15, 0.2) is 42.5 Å². The molecule has 2 aromatic rings. The number of esters is 2. The average Bonchev–Trinajstić information content (AvgIpc) is 3.37. The number of ether oxygens (including phenoxy) is 5. The van der Waals surface area contributed by atoms with Crippen molar-refractivity contribution in [3.63, 3.8) is 0 Å². The summed E-state index contributed by atoms with van der Waals surface area (Å²) in [6, 6.07) is 11.7. The lowest BCUT2D eigenvalue weighted by atomic mass is 9.81. The minimum absolute atomic E-state index is 0.101. The summed E-state index contributed by atoms with van der Waals surface area (Å²) >= 11 is 0. The van der Waals surface area contributed by atoms with E-state index in [0.29, 0.717) is 28.4 Å². The summed E-state index contributed by atoms with van der Waals surface area (Å²) < 4.78 is 26.6. The molecular formula is C22H22O8. The molecule has 8 nitrogen and oxygen atoms in total. The predicted octanol–water partition coefficient (Wildman–Crippen LogP) is 2.55. The number of cyclic esters (lactones) is 1. The standard InChI is InChI=1S/C22H22O8/c1-3-27-21(24)18-17(19(23)12-4-7-14(26-2)8-5-12)22(25)30-20(18)13-6-9-15-16(10-13)29-11-28-15/h4-10,17-20,23H,3,11H2,1-2H3/t17-,18+,19+,20+/m1/s1. The van der Waals surface area contributed by atoms with Gasteiger partial charge in [0.05, 0.1) is 19.8 Å². The molecule has 158 valence electrons. The van der Waals surface area contributed by atoms with Crippen molar-refractivity contribution < 1.29 is 38.4 Å². The highest BCUT2D eigenvalue weighted by molar-refractivity contribution is 5.86. The van der Waals surface area contributed by atoms with Crippen LogP contribution in [0, 0.1) is 11.8 Å². The lowest BCUT2D eigenvalue weighted by Gasteiger charge is -2.23. The number of aliphatic hydroxyl groups excluding tert-OH is 1. The summed E-state index contributed by atoms with van der Waals surface area (Å²) in [7, 11) is 1.53. The maximum atomic E-state index is 12.8. The predicted molar refractivity (Wildman–Crippen MR) is 103 cm³/mol. The maximum Gasteiger partial charge on any atom is 0.314 e. The summed E-state index contributed by atoms with van der Waals surface area (Å²) in [5, 5.41) is 11.0. The van der Waals surface area contributed by atoms with Crippen molar-refractivity contribution in [2.24, 2.45) is 11.8 Å². The van der Waals surface area contributed by atoms with Gasteiger partial charge in [-0.2, -0.15) is 0 Å². The third-order valence-corrected chi connectivity index (χ3v) is 5.31. The van der Waals surface area contributed by atoms with Crippen molar-refractivity contribution in [3.05, 3.63) is 53.6 Å². The van der Waals surface area contributed by atoms with Crippen molar-refractivity contribution >= 4 is 11.9 Å². The molecule has 0 aromatic heterocycles. The molecular weight excluding hydrogens is 392 g/mol. The third kappa shape index (κ3) is 3.54. The molecule has 0 unspecified atom stereocenters. The van der Waals surface area contributed by atoms with Crippen molar-refractivity contribution in [2.45, 2.75) is 19.1 Å². The van der Waals surface area contributed by atoms with E-state index in [2.05, 4.69) is 0 Å². The molecule has 0 amide bonds. The first kappa shape index (κ1) is 20.0. The van der Waals surface area contributed by atoms with Crippen molar-refractivity contribution in [2.75, 3.05) is 20.5 Å². The van der Waals surface area contributed by atoms with Crippen molar-refractivity contribution in [1.29, 1.82) is 0 Å². The summed E-state index contributed by atoms with van der Waals surface area (Å²) in [6.07, 6.45) is -2.17. The Bertz CT molecular complexity index is 939. The van der Waals surface area contributed by atoms with Gasteiger partial charge in [0.1, 0.15) is 23.7 Å². The molecule has 30 heavy (non-hydrogen) atoms. The van der Waals surface area contributed by atoms with Gasteiger partial charge in [0.15, 0.2) is 11.5 Å². The Hall–Kier alpha value is -3.26. The molecule has 4 rings (SSSR count). The van der Waals surface area contributed by atoms with E-state index in [1.54, 1.807) is 49.4 Å². The Kier molecular flexibility index (Phi) is 5.50. The second-order valence-electron chi connectivity index (χ2n) is 6.99. The number of fused-ring (bicyclic) bond motifs is 1. The second kappa shape index (κ2) is 8.23. The number of methoxy groups -OCH3 is 1. The van der Waals surface area contributed by atoms with Crippen LogP contribution in [0.1, 0.15) is 30.3 Å². The lowest BCUT2D eigenvalue weighted by molar-refractivity contribution is -0.153. The molecule has 2 aliphatic heterocycles. The van der Waals surface area contributed by atoms with Gasteiger partial charge in [-0.15, -0.1) is 0 Å². The fourth-order valence-electron chi connectivity index (χ4n) is 3.82. The zero-order valence-electron chi connectivity index (χ0n) is 16.6. The monoisotopic (exact) mass is 414 g/mol. The molecule has 8 heteroatoms. The van der Waals surface area contributed by atoms with Crippen LogP contribution in [0.4, 0.5) is 0 Å². The SMILES string of the molecule is CCOC(=O)[C@H]1[C@H]([C@@H](O)c2ccc(OC)cc2)C(=O)O[C@H]1c1ccc2c(c1)OCO2. The highest BCUT2D eigenvalue weighted by Crippen LogP contribution is 2.47. The molecule has 4 atom stereocenters. The highest BCUT2D eigenvalue weighted by Gasteiger charge is 2.53. The Morgan fingerprint density at radius 3 is 2.60 bits per heavy atom. The number of rotatable bonds is 6.